The van der Waals surface area contributed by atoms with E-state index in [-0.39, 0.29) is 5.60 Å². The fourth-order valence-electron chi connectivity index (χ4n) is 2.49. The number of hydrogen-bond donors (Lipinski definition) is 0. The molecule has 1 aromatic rings. The van der Waals surface area contributed by atoms with Crippen LogP contribution in [0.1, 0.15) is 45.4 Å². The third kappa shape index (κ3) is 2.78. The van der Waals surface area contributed by atoms with Crippen LogP contribution in [-0.2, 0) is 10.3 Å². The van der Waals surface area contributed by atoms with Gasteiger partial charge in [-0.05, 0) is 44.6 Å². The molecule has 1 aliphatic rings. The van der Waals surface area contributed by atoms with Crippen molar-refractivity contribution < 1.29 is 4.74 Å². The first-order chi connectivity index (χ1) is 8.16. The minimum atomic E-state index is -0.313. The van der Waals surface area contributed by atoms with E-state index in [9.17, 15) is 0 Å². The summed E-state index contributed by atoms with van der Waals surface area (Å²) in [6, 6.07) is 1.70. The summed E-state index contributed by atoms with van der Waals surface area (Å²) in [6.45, 7) is 4.99. The van der Waals surface area contributed by atoms with Crippen molar-refractivity contribution in [2.45, 2.75) is 45.1 Å². The van der Waals surface area contributed by atoms with Gasteiger partial charge in [-0.15, -0.1) is 0 Å². The van der Waals surface area contributed by atoms with Gasteiger partial charge in [-0.2, -0.15) is 0 Å². The lowest BCUT2D eigenvalue weighted by Crippen LogP contribution is -2.36. The van der Waals surface area contributed by atoms with E-state index in [4.69, 9.17) is 16.3 Å². The van der Waals surface area contributed by atoms with Crippen LogP contribution in [-0.4, -0.2) is 16.6 Å². The summed E-state index contributed by atoms with van der Waals surface area (Å²) >= 11 is 5.95. The zero-order valence-corrected chi connectivity index (χ0v) is 11.2. The highest BCUT2D eigenvalue weighted by molar-refractivity contribution is 6.29. The van der Waals surface area contributed by atoms with Crippen molar-refractivity contribution in [2.75, 3.05) is 6.61 Å². The Morgan fingerprint density at radius 3 is 2.76 bits per heavy atom. The number of nitrogens with zero attached hydrogens (tertiary/aromatic N) is 2. The van der Waals surface area contributed by atoms with Gasteiger partial charge in [-0.3, -0.25) is 0 Å². The highest BCUT2D eigenvalue weighted by Gasteiger charge is 2.39. The first-order valence-electron chi connectivity index (χ1n) is 6.29. The summed E-state index contributed by atoms with van der Waals surface area (Å²) in [5, 5.41) is 0.493. The fourth-order valence-corrected chi connectivity index (χ4v) is 2.63. The van der Waals surface area contributed by atoms with E-state index in [1.54, 1.807) is 12.3 Å². The largest absolute Gasteiger partial charge is 0.367 e. The van der Waals surface area contributed by atoms with Gasteiger partial charge in [0.05, 0.1) is 0 Å². The Hall–Kier alpha value is -0.670. The lowest BCUT2D eigenvalue weighted by molar-refractivity contribution is -0.0837. The first kappa shape index (κ1) is 12.8. The molecule has 1 heterocycles. The monoisotopic (exact) mass is 254 g/mol. The summed E-state index contributed by atoms with van der Waals surface area (Å²) < 4.78 is 5.98. The van der Waals surface area contributed by atoms with Crippen molar-refractivity contribution in [2.24, 2.45) is 5.92 Å². The normalized spacial score (nSPS) is 29.2. The van der Waals surface area contributed by atoms with Crippen LogP contribution in [0.3, 0.4) is 0 Å². The molecular formula is C13H19ClN2O. The van der Waals surface area contributed by atoms with Gasteiger partial charge < -0.3 is 4.74 Å². The molecule has 0 aromatic carbocycles. The Morgan fingerprint density at radius 1 is 1.47 bits per heavy atom. The molecule has 1 fully saturated rings. The van der Waals surface area contributed by atoms with Crippen LogP contribution in [0.25, 0.3) is 0 Å². The molecule has 0 radical (unpaired) electrons. The van der Waals surface area contributed by atoms with Crippen molar-refractivity contribution >= 4 is 11.6 Å². The predicted octanol–water partition coefficient (Wildman–Crippen LogP) is 3.57. The van der Waals surface area contributed by atoms with Gasteiger partial charge in [0.15, 0.2) is 5.82 Å². The molecule has 0 amide bonds. The Bertz CT molecular complexity index is 375. The zero-order valence-electron chi connectivity index (χ0n) is 10.4. The number of halogens is 1. The maximum absolute atomic E-state index is 5.98. The highest BCUT2D eigenvalue weighted by Crippen LogP contribution is 2.41. The van der Waals surface area contributed by atoms with Crippen molar-refractivity contribution in [1.82, 2.24) is 9.97 Å². The van der Waals surface area contributed by atoms with Crippen LogP contribution >= 0.6 is 11.6 Å². The van der Waals surface area contributed by atoms with E-state index < -0.39 is 0 Å². The summed E-state index contributed by atoms with van der Waals surface area (Å²) in [5.41, 5.74) is -0.313. The number of ether oxygens (including phenoxy) is 1. The van der Waals surface area contributed by atoms with E-state index in [1.165, 1.54) is 0 Å². The highest BCUT2D eigenvalue weighted by atomic mass is 35.5. The molecule has 1 saturated carbocycles. The van der Waals surface area contributed by atoms with E-state index in [1.807, 2.05) is 6.92 Å². The average Bonchev–Trinajstić information content (AvgIpc) is 2.33. The third-order valence-corrected chi connectivity index (χ3v) is 3.74. The maximum Gasteiger partial charge on any atom is 0.161 e. The molecule has 2 rings (SSSR count). The summed E-state index contributed by atoms with van der Waals surface area (Å²) in [7, 11) is 0. The molecule has 0 atom stereocenters. The van der Waals surface area contributed by atoms with Crippen LogP contribution in [0, 0.1) is 5.92 Å². The molecular weight excluding hydrogens is 236 g/mol. The minimum absolute atomic E-state index is 0.313. The standard InChI is InChI=1S/C13H19ClN2O/c1-3-17-13(7-4-10(2)5-8-13)12-15-9-6-11(14)16-12/h6,9-10H,3-5,7-8H2,1-2H3. The van der Waals surface area contributed by atoms with Gasteiger partial charge in [0, 0.05) is 12.8 Å². The molecule has 0 bridgehead atoms. The minimum Gasteiger partial charge on any atom is -0.367 e. The number of hydrogen-bond acceptors (Lipinski definition) is 3. The Balaban J connectivity index is 2.27. The van der Waals surface area contributed by atoms with E-state index >= 15 is 0 Å². The Labute approximate surface area is 108 Å². The van der Waals surface area contributed by atoms with Crippen molar-refractivity contribution in [1.29, 1.82) is 0 Å². The molecule has 0 saturated heterocycles. The molecule has 0 aliphatic heterocycles. The van der Waals surface area contributed by atoms with Crippen molar-refractivity contribution in [3.05, 3.63) is 23.2 Å². The zero-order chi connectivity index (χ0) is 12.3. The molecule has 0 unspecified atom stereocenters. The molecule has 0 spiro atoms. The van der Waals surface area contributed by atoms with Crippen LogP contribution in [0.2, 0.25) is 5.15 Å². The van der Waals surface area contributed by atoms with Gasteiger partial charge in [-0.1, -0.05) is 18.5 Å². The summed E-state index contributed by atoms with van der Waals surface area (Å²) in [4.78, 5) is 8.70. The predicted molar refractivity (Wildman–Crippen MR) is 68.0 cm³/mol. The fraction of sp³-hybridized carbons (Fsp3) is 0.692. The topological polar surface area (TPSA) is 35.0 Å². The van der Waals surface area contributed by atoms with Crippen LogP contribution in [0.4, 0.5) is 0 Å². The van der Waals surface area contributed by atoms with E-state index in [0.29, 0.717) is 11.8 Å². The second-order valence-corrected chi connectivity index (χ2v) is 5.20. The van der Waals surface area contributed by atoms with Crippen LogP contribution in [0.15, 0.2) is 12.3 Å². The van der Waals surface area contributed by atoms with Crippen molar-refractivity contribution in [3.8, 4) is 0 Å². The third-order valence-electron chi connectivity index (χ3n) is 3.53. The average molecular weight is 255 g/mol. The molecule has 4 heteroatoms. The maximum atomic E-state index is 5.98. The van der Waals surface area contributed by atoms with Gasteiger partial charge in [0.25, 0.3) is 0 Å². The van der Waals surface area contributed by atoms with Gasteiger partial charge in [-0.25, -0.2) is 9.97 Å². The van der Waals surface area contributed by atoms with Gasteiger partial charge >= 0.3 is 0 Å². The van der Waals surface area contributed by atoms with E-state index in [2.05, 4.69) is 16.9 Å². The summed E-state index contributed by atoms with van der Waals surface area (Å²) in [6.07, 6.45) is 6.01. The molecule has 1 aliphatic carbocycles. The first-order valence-corrected chi connectivity index (χ1v) is 6.67. The Kier molecular flexibility index (Phi) is 4.00. The number of aromatic nitrogens is 2. The summed E-state index contributed by atoms with van der Waals surface area (Å²) in [5.74, 6) is 1.52. The molecule has 94 valence electrons. The second kappa shape index (κ2) is 5.32. The lowest BCUT2D eigenvalue weighted by Gasteiger charge is -2.37. The van der Waals surface area contributed by atoms with Gasteiger partial charge in [0.1, 0.15) is 10.8 Å². The van der Waals surface area contributed by atoms with Gasteiger partial charge in [0.2, 0.25) is 0 Å². The second-order valence-electron chi connectivity index (χ2n) is 4.81. The van der Waals surface area contributed by atoms with Crippen LogP contribution in [0.5, 0.6) is 0 Å². The number of rotatable bonds is 3. The smallest absolute Gasteiger partial charge is 0.161 e. The molecule has 0 N–H and O–H groups in total. The van der Waals surface area contributed by atoms with Crippen molar-refractivity contribution in [3.63, 3.8) is 0 Å². The van der Waals surface area contributed by atoms with Crippen LogP contribution < -0.4 is 0 Å². The lowest BCUT2D eigenvalue weighted by atomic mass is 9.79. The molecule has 3 nitrogen and oxygen atoms in total. The molecule has 17 heavy (non-hydrogen) atoms. The van der Waals surface area contributed by atoms with E-state index in [0.717, 1.165) is 37.4 Å². The Morgan fingerprint density at radius 2 is 2.18 bits per heavy atom. The SMILES string of the molecule is CCOC1(c2nccc(Cl)n2)CCC(C)CC1. The quantitative estimate of drug-likeness (QED) is 0.774. The molecule has 1 aromatic heterocycles.